The molecule has 1 fully saturated rings. The molecule has 0 aromatic heterocycles. The molecule has 2 amide bonds. The first kappa shape index (κ1) is 10.4. The van der Waals surface area contributed by atoms with E-state index in [2.05, 4.69) is 17.5 Å². The van der Waals surface area contributed by atoms with E-state index in [0.29, 0.717) is 5.25 Å². The zero-order valence-corrected chi connectivity index (χ0v) is 8.56. The van der Waals surface area contributed by atoms with Crippen LogP contribution >= 0.6 is 11.8 Å². The van der Waals surface area contributed by atoms with Gasteiger partial charge in [-0.15, -0.1) is 0 Å². The van der Waals surface area contributed by atoms with Crippen LogP contribution in [0.25, 0.3) is 0 Å². The molecule has 1 saturated heterocycles. The number of carbonyl (C=O) groups is 1. The lowest BCUT2D eigenvalue weighted by molar-refractivity contribution is 0.249. The third kappa shape index (κ3) is 3.67. The van der Waals surface area contributed by atoms with Crippen LogP contribution in [0.2, 0.25) is 0 Å². The van der Waals surface area contributed by atoms with E-state index in [-0.39, 0.29) is 0 Å². The molecule has 0 aliphatic carbocycles. The molecular formula is C8H15N3OS. The number of thioether (sulfide) groups is 1. The number of carbonyl (C=O) groups excluding carboxylic acids is 1. The Hall–Kier alpha value is -0.710. The van der Waals surface area contributed by atoms with E-state index in [9.17, 15) is 4.79 Å². The van der Waals surface area contributed by atoms with Crippen LogP contribution in [0.15, 0.2) is 5.10 Å². The Morgan fingerprint density at radius 1 is 1.85 bits per heavy atom. The van der Waals surface area contributed by atoms with Crippen LogP contribution in [0.5, 0.6) is 0 Å². The number of nitrogens with one attached hydrogen (secondary N) is 1. The summed E-state index contributed by atoms with van der Waals surface area (Å²) in [5, 5.41) is 4.61. The Bertz CT molecular complexity index is 217. The Balaban J connectivity index is 2.31. The number of primary amides is 1. The molecule has 1 atom stereocenters. The maximum absolute atomic E-state index is 10.4. The molecule has 0 aromatic carbocycles. The molecule has 3 N–H and O–H groups in total. The van der Waals surface area contributed by atoms with Gasteiger partial charge in [-0.2, -0.15) is 16.9 Å². The summed E-state index contributed by atoms with van der Waals surface area (Å²) < 4.78 is 0. The molecular weight excluding hydrogens is 186 g/mol. The van der Waals surface area contributed by atoms with Gasteiger partial charge in [-0.25, -0.2) is 10.2 Å². The number of nitrogens with zero attached hydrogens (tertiary/aromatic N) is 1. The molecule has 1 heterocycles. The lowest BCUT2D eigenvalue weighted by Crippen LogP contribution is -2.25. The summed E-state index contributed by atoms with van der Waals surface area (Å²) >= 11 is 1.90. The highest BCUT2D eigenvalue weighted by molar-refractivity contribution is 8.01. The monoisotopic (exact) mass is 201 g/mol. The molecule has 13 heavy (non-hydrogen) atoms. The van der Waals surface area contributed by atoms with Crippen LogP contribution in [-0.4, -0.2) is 22.7 Å². The van der Waals surface area contributed by atoms with Crippen LogP contribution in [0, 0.1) is 0 Å². The first-order chi connectivity index (χ1) is 6.22. The number of hydrogen-bond donors (Lipinski definition) is 2. The lowest BCUT2D eigenvalue weighted by atomic mass is 10.1. The third-order valence-corrected chi connectivity index (χ3v) is 3.26. The van der Waals surface area contributed by atoms with Crippen LogP contribution < -0.4 is 11.2 Å². The summed E-state index contributed by atoms with van der Waals surface area (Å²) in [7, 11) is 0. The molecule has 4 nitrogen and oxygen atoms in total. The van der Waals surface area contributed by atoms with E-state index in [1.165, 1.54) is 12.8 Å². The topological polar surface area (TPSA) is 67.5 Å². The van der Waals surface area contributed by atoms with E-state index in [1.807, 2.05) is 11.8 Å². The quantitative estimate of drug-likeness (QED) is 0.676. The highest BCUT2D eigenvalue weighted by Crippen LogP contribution is 2.27. The second-order valence-corrected chi connectivity index (χ2v) is 4.37. The van der Waals surface area contributed by atoms with Gasteiger partial charge in [-0.05, 0) is 6.42 Å². The van der Waals surface area contributed by atoms with Gasteiger partial charge < -0.3 is 5.73 Å². The molecule has 0 saturated carbocycles. The fraction of sp³-hybridized carbons (Fsp3) is 0.750. The van der Waals surface area contributed by atoms with Crippen molar-refractivity contribution in [2.24, 2.45) is 10.8 Å². The van der Waals surface area contributed by atoms with Crippen molar-refractivity contribution in [1.82, 2.24) is 5.43 Å². The van der Waals surface area contributed by atoms with E-state index in [0.717, 1.165) is 17.9 Å². The summed E-state index contributed by atoms with van der Waals surface area (Å²) in [6.45, 7) is 2.18. The van der Waals surface area contributed by atoms with Crippen molar-refractivity contribution in [2.45, 2.75) is 31.4 Å². The molecule has 0 spiro atoms. The highest BCUT2D eigenvalue weighted by atomic mass is 32.2. The maximum atomic E-state index is 10.4. The minimum Gasteiger partial charge on any atom is -0.350 e. The lowest BCUT2D eigenvalue weighted by Gasteiger charge is -2.02. The number of amides is 2. The molecule has 1 aliphatic rings. The van der Waals surface area contributed by atoms with Gasteiger partial charge in [-0.3, -0.25) is 0 Å². The van der Waals surface area contributed by atoms with Crippen LogP contribution in [0.3, 0.4) is 0 Å². The normalized spacial score (nSPS) is 25.0. The van der Waals surface area contributed by atoms with E-state index in [4.69, 9.17) is 5.73 Å². The second kappa shape index (κ2) is 5.11. The minimum atomic E-state index is -0.587. The Morgan fingerprint density at radius 3 is 3.23 bits per heavy atom. The summed E-state index contributed by atoms with van der Waals surface area (Å²) in [6, 6.07) is -0.587. The first-order valence-electron chi connectivity index (χ1n) is 4.45. The smallest absolute Gasteiger partial charge is 0.332 e. The molecule has 0 aromatic rings. The van der Waals surface area contributed by atoms with Crippen molar-refractivity contribution in [1.29, 1.82) is 0 Å². The number of hydrazone groups is 1. The standard InChI is InChI=1S/C8H15N3OS/c1-2-3-7-4-6(5-13-7)10-11-8(9)12/h7H,2-5H2,1H3,(H3,9,11,12)/b10-6-. The largest absolute Gasteiger partial charge is 0.350 e. The van der Waals surface area contributed by atoms with E-state index < -0.39 is 6.03 Å². The fourth-order valence-electron chi connectivity index (χ4n) is 1.31. The van der Waals surface area contributed by atoms with Gasteiger partial charge in [0.15, 0.2) is 0 Å². The van der Waals surface area contributed by atoms with Gasteiger partial charge in [0.05, 0.1) is 0 Å². The number of rotatable bonds is 3. The van der Waals surface area contributed by atoms with Crippen molar-refractivity contribution < 1.29 is 4.79 Å². The average Bonchev–Trinajstić information content (AvgIpc) is 2.50. The van der Waals surface area contributed by atoms with Gasteiger partial charge in [0.1, 0.15) is 0 Å². The van der Waals surface area contributed by atoms with Crippen molar-refractivity contribution >= 4 is 23.5 Å². The fourth-order valence-corrected chi connectivity index (χ4v) is 2.64. The van der Waals surface area contributed by atoms with Gasteiger partial charge in [-0.1, -0.05) is 13.3 Å². The Kier molecular flexibility index (Phi) is 4.08. The molecule has 0 bridgehead atoms. The number of hydrogen-bond acceptors (Lipinski definition) is 3. The second-order valence-electron chi connectivity index (χ2n) is 3.08. The van der Waals surface area contributed by atoms with Crippen molar-refractivity contribution in [3.8, 4) is 0 Å². The molecule has 74 valence electrons. The van der Waals surface area contributed by atoms with Gasteiger partial charge in [0, 0.05) is 23.1 Å². The van der Waals surface area contributed by atoms with Crippen molar-refractivity contribution in [3.63, 3.8) is 0 Å². The SMILES string of the molecule is CCCC1C/C(=N/NC(N)=O)CS1. The zero-order valence-electron chi connectivity index (χ0n) is 7.75. The molecule has 5 heteroatoms. The minimum absolute atomic E-state index is 0.587. The summed E-state index contributed by atoms with van der Waals surface area (Å²) in [5.74, 6) is 0.922. The van der Waals surface area contributed by atoms with Crippen LogP contribution in [0.1, 0.15) is 26.2 Å². The average molecular weight is 201 g/mol. The molecule has 0 radical (unpaired) electrons. The Morgan fingerprint density at radius 2 is 2.62 bits per heavy atom. The van der Waals surface area contributed by atoms with Gasteiger partial charge in [0.25, 0.3) is 0 Å². The van der Waals surface area contributed by atoms with Crippen LogP contribution in [-0.2, 0) is 0 Å². The van der Waals surface area contributed by atoms with Crippen molar-refractivity contribution in [2.75, 3.05) is 5.75 Å². The Labute approximate surface area is 82.3 Å². The number of urea groups is 1. The maximum Gasteiger partial charge on any atom is 0.332 e. The van der Waals surface area contributed by atoms with Gasteiger partial charge >= 0.3 is 6.03 Å². The predicted octanol–water partition coefficient (Wildman–Crippen LogP) is 1.32. The van der Waals surface area contributed by atoms with E-state index in [1.54, 1.807) is 0 Å². The van der Waals surface area contributed by atoms with E-state index >= 15 is 0 Å². The zero-order chi connectivity index (χ0) is 9.68. The molecule has 1 rings (SSSR count). The molecule has 1 aliphatic heterocycles. The van der Waals surface area contributed by atoms with Crippen LogP contribution in [0.4, 0.5) is 4.79 Å². The predicted molar refractivity (Wildman–Crippen MR) is 55.9 cm³/mol. The van der Waals surface area contributed by atoms with Crippen molar-refractivity contribution in [3.05, 3.63) is 0 Å². The van der Waals surface area contributed by atoms with Gasteiger partial charge in [0.2, 0.25) is 0 Å². The highest BCUT2D eigenvalue weighted by Gasteiger charge is 2.20. The number of nitrogens with two attached hydrogens (primary N) is 1. The first-order valence-corrected chi connectivity index (χ1v) is 5.49. The summed E-state index contributed by atoms with van der Waals surface area (Å²) in [5.41, 5.74) is 8.21. The summed E-state index contributed by atoms with van der Waals surface area (Å²) in [6.07, 6.45) is 3.41. The summed E-state index contributed by atoms with van der Waals surface area (Å²) in [4.78, 5) is 10.4. The third-order valence-electron chi connectivity index (χ3n) is 1.88. The molecule has 1 unspecified atom stereocenters.